The topological polar surface area (TPSA) is 40.9 Å². The van der Waals surface area contributed by atoms with Crippen LogP contribution in [0.4, 0.5) is 4.39 Å². The van der Waals surface area contributed by atoms with E-state index in [2.05, 4.69) is 6.07 Å². The minimum atomic E-state index is -0.910. The van der Waals surface area contributed by atoms with Gasteiger partial charge in [-0.3, -0.25) is 4.79 Å². The molecule has 1 aliphatic carbocycles. The minimum Gasteiger partial charge on any atom is -0.300 e. The molecule has 3 heteroatoms. The molecule has 1 aliphatic rings. The molecular weight excluding hydrogens is 193 g/mol. The zero-order valence-electron chi connectivity index (χ0n) is 8.38. The summed E-state index contributed by atoms with van der Waals surface area (Å²) in [6.45, 7) is 1.66. The van der Waals surface area contributed by atoms with Crippen molar-refractivity contribution in [3.8, 4) is 6.07 Å². The van der Waals surface area contributed by atoms with Crippen molar-refractivity contribution in [2.24, 2.45) is 0 Å². The van der Waals surface area contributed by atoms with Gasteiger partial charge in [0.15, 0.2) is 0 Å². The number of halogens is 1. The summed E-state index contributed by atoms with van der Waals surface area (Å²) in [5.41, 5.74) is -0.0289. The van der Waals surface area contributed by atoms with E-state index in [1.54, 1.807) is 25.1 Å². The van der Waals surface area contributed by atoms with Crippen molar-refractivity contribution in [3.05, 3.63) is 35.1 Å². The number of nitrogens with zero attached hydrogens (tertiary/aromatic N) is 1. The van der Waals surface area contributed by atoms with Crippen molar-refractivity contribution < 1.29 is 9.18 Å². The lowest BCUT2D eigenvalue weighted by Gasteiger charge is -2.34. The monoisotopic (exact) mass is 203 g/mol. The van der Waals surface area contributed by atoms with Crippen molar-refractivity contribution in [2.45, 2.75) is 25.2 Å². The predicted octanol–water partition coefficient (Wildman–Crippen LogP) is 2.26. The molecular formula is C12H10FNO. The van der Waals surface area contributed by atoms with Crippen LogP contribution in [0.25, 0.3) is 0 Å². The summed E-state index contributed by atoms with van der Waals surface area (Å²) in [4.78, 5) is 11.0. The van der Waals surface area contributed by atoms with Gasteiger partial charge < -0.3 is 0 Å². The molecule has 0 spiro atoms. The Kier molecular flexibility index (Phi) is 2.08. The summed E-state index contributed by atoms with van der Waals surface area (Å²) in [6.07, 6.45) is 0.285. The Hall–Kier alpha value is -1.69. The number of ketones is 1. The first kappa shape index (κ1) is 9.85. The van der Waals surface area contributed by atoms with Crippen LogP contribution in [0.1, 0.15) is 24.0 Å². The highest BCUT2D eigenvalue weighted by Gasteiger charge is 2.47. The van der Waals surface area contributed by atoms with Crippen LogP contribution in [0.2, 0.25) is 0 Å². The summed E-state index contributed by atoms with van der Waals surface area (Å²) < 4.78 is 13.8. The molecule has 0 aromatic heterocycles. The number of rotatable bonds is 1. The molecule has 0 N–H and O–H groups in total. The summed E-state index contributed by atoms with van der Waals surface area (Å²) in [5, 5.41) is 9.05. The van der Waals surface area contributed by atoms with Gasteiger partial charge in [0.1, 0.15) is 11.6 Å². The summed E-state index contributed by atoms with van der Waals surface area (Å²) in [6, 6.07) is 7.04. The first-order chi connectivity index (χ1) is 7.09. The van der Waals surface area contributed by atoms with Crippen molar-refractivity contribution in [2.75, 3.05) is 0 Å². The molecule has 2 rings (SSSR count). The van der Waals surface area contributed by atoms with Crippen LogP contribution in [0.3, 0.4) is 0 Å². The van der Waals surface area contributed by atoms with E-state index in [-0.39, 0.29) is 24.4 Å². The van der Waals surface area contributed by atoms with E-state index < -0.39 is 5.41 Å². The van der Waals surface area contributed by atoms with Crippen molar-refractivity contribution in [1.82, 2.24) is 0 Å². The molecule has 0 aliphatic heterocycles. The van der Waals surface area contributed by atoms with Crippen LogP contribution in [-0.2, 0) is 10.2 Å². The van der Waals surface area contributed by atoms with Gasteiger partial charge in [-0.15, -0.1) is 0 Å². The van der Waals surface area contributed by atoms with E-state index in [1.807, 2.05) is 0 Å². The van der Waals surface area contributed by atoms with Crippen LogP contribution in [0, 0.1) is 24.1 Å². The number of carbonyl (C=O) groups excluding carboxylic acids is 1. The minimum absolute atomic E-state index is 0.0254. The maximum absolute atomic E-state index is 13.8. The highest BCUT2D eigenvalue weighted by atomic mass is 19.1. The Labute approximate surface area is 87.3 Å². The third-order valence-electron chi connectivity index (χ3n) is 2.92. The lowest BCUT2D eigenvalue weighted by molar-refractivity contribution is -0.126. The highest BCUT2D eigenvalue weighted by Crippen LogP contribution is 2.42. The fraction of sp³-hybridized carbons (Fsp3) is 0.333. The average Bonchev–Trinajstić information content (AvgIpc) is 2.17. The standard InChI is InChI=1S/C12H10FNO/c1-8-3-2-4-10(11(8)13)12(7-14)5-9(15)6-12/h2-4H,5-6H2,1H3. The average molecular weight is 203 g/mol. The lowest BCUT2D eigenvalue weighted by Crippen LogP contribution is -2.41. The normalized spacial score (nSPS) is 18.1. The number of aryl methyl sites for hydroxylation is 1. The molecule has 0 amide bonds. The molecule has 0 heterocycles. The van der Waals surface area contributed by atoms with Gasteiger partial charge in [-0.25, -0.2) is 4.39 Å². The van der Waals surface area contributed by atoms with Gasteiger partial charge in [-0.1, -0.05) is 18.2 Å². The molecule has 1 saturated carbocycles. The number of benzene rings is 1. The van der Waals surface area contributed by atoms with E-state index in [4.69, 9.17) is 5.26 Å². The third-order valence-corrected chi connectivity index (χ3v) is 2.92. The van der Waals surface area contributed by atoms with E-state index in [1.165, 1.54) is 0 Å². The van der Waals surface area contributed by atoms with Gasteiger partial charge in [0.05, 0.1) is 11.5 Å². The van der Waals surface area contributed by atoms with Gasteiger partial charge >= 0.3 is 0 Å². The van der Waals surface area contributed by atoms with Crippen LogP contribution in [0.5, 0.6) is 0 Å². The maximum Gasteiger partial charge on any atom is 0.136 e. The first-order valence-electron chi connectivity index (χ1n) is 4.77. The van der Waals surface area contributed by atoms with Crippen molar-refractivity contribution in [1.29, 1.82) is 5.26 Å². The van der Waals surface area contributed by atoms with Crippen LogP contribution < -0.4 is 0 Å². The maximum atomic E-state index is 13.8. The van der Waals surface area contributed by atoms with Crippen LogP contribution in [-0.4, -0.2) is 5.78 Å². The van der Waals surface area contributed by atoms with Crippen molar-refractivity contribution >= 4 is 5.78 Å². The number of hydrogen-bond acceptors (Lipinski definition) is 2. The zero-order chi connectivity index (χ0) is 11.1. The summed E-state index contributed by atoms with van der Waals surface area (Å²) in [7, 11) is 0. The van der Waals surface area contributed by atoms with Gasteiger partial charge in [0, 0.05) is 18.4 Å². The Balaban J connectivity index is 2.50. The molecule has 76 valence electrons. The molecule has 15 heavy (non-hydrogen) atoms. The smallest absolute Gasteiger partial charge is 0.136 e. The SMILES string of the molecule is Cc1cccc(C2(C#N)CC(=O)C2)c1F. The van der Waals surface area contributed by atoms with Crippen molar-refractivity contribution in [3.63, 3.8) is 0 Å². The predicted molar refractivity (Wildman–Crippen MR) is 52.7 cm³/mol. The van der Waals surface area contributed by atoms with E-state index in [0.29, 0.717) is 11.1 Å². The molecule has 0 atom stereocenters. The molecule has 1 aromatic rings. The first-order valence-corrected chi connectivity index (χ1v) is 4.77. The zero-order valence-corrected chi connectivity index (χ0v) is 8.38. The second-order valence-electron chi connectivity index (χ2n) is 4.02. The van der Waals surface area contributed by atoms with E-state index >= 15 is 0 Å². The molecule has 0 radical (unpaired) electrons. The summed E-state index contributed by atoms with van der Waals surface area (Å²) >= 11 is 0. The largest absolute Gasteiger partial charge is 0.300 e. The second-order valence-corrected chi connectivity index (χ2v) is 4.02. The lowest BCUT2D eigenvalue weighted by atomic mass is 9.64. The molecule has 2 nitrogen and oxygen atoms in total. The summed E-state index contributed by atoms with van der Waals surface area (Å²) in [5.74, 6) is -0.330. The highest BCUT2D eigenvalue weighted by molar-refractivity contribution is 5.90. The fourth-order valence-electron chi connectivity index (χ4n) is 1.97. The third kappa shape index (κ3) is 1.33. The van der Waals surface area contributed by atoms with Crippen LogP contribution in [0.15, 0.2) is 18.2 Å². The molecule has 0 unspecified atom stereocenters. The Morgan fingerprint density at radius 1 is 1.47 bits per heavy atom. The molecule has 1 fully saturated rings. The van der Waals surface area contributed by atoms with Gasteiger partial charge in [-0.05, 0) is 12.5 Å². The van der Waals surface area contributed by atoms with E-state index in [0.717, 1.165) is 0 Å². The number of nitriles is 1. The number of carbonyl (C=O) groups is 1. The van der Waals surface area contributed by atoms with E-state index in [9.17, 15) is 9.18 Å². The van der Waals surface area contributed by atoms with Gasteiger partial charge in [-0.2, -0.15) is 5.26 Å². The second kappa shape index (κ2) is 3.16. The van der Waals surface area contributed by atoms with Gasteiger partial charge in [0.25, 0.3) is 0 Å². The Morgan fingerprint density at radius 3 is 2.67 bits per heavy atom. The molecule has 0 bridgehead atoms. The van der Waals surface area contributed by atoms with Crippen LogP contribution >= 0.6 is 0 Å². The fourth-order valence-corrected chi connectivity index (χ4v) is 1.97. The number of hydrogen-bond donors (Lipinski definition) is 0. The Morgan fingerprint density at radius 2 is 2.13 bits per heavy atom. The Bertz CT molecular complexity index is 465. The quantitative estimate of drug-likeness (QED) is 0.702. The molecule has 1 aromatic carbocycles. The molecule has 0 saturated heterocycles. The number of Topliss-reactive ketones (excluding diaryl/α,β-unsaturated/α-hetero) is 1. The van der Waals surface area contributed by atoms with Gasteiger partial charge in [0.2, 0.25) is 0 Å².